The predicted molar refractivity (Wildman–Crippen MR) is 126 cm³/mol. The summed E-state index contributed by atoms with van der Waals surface area (Å²) in [7, 11) is 1.24. The maximum absolute atomic E-state index is 12.5. The highest BCUT2D eigenvalue weighted by molar-refractivity contribution is 6.34. The van der Waals surface area contributed by atoms with Crippen molar-refractivity contribution in [3.05, 3.63) is 70.2 Å². The Hall–Kier alpha value is -3.39. The summed E-state index contributed by atoms with van der Waals surface area (Å²) >= 11 is 6.19. The van der Waals surface area contributed by atoms with Crippen LogP contribution < -0.4 is 5.32 Å². The van der Waals surface area contributed by atoms with E-state index in [1.54, 1.807) is 27.7 Å². The first kappa shape index (κ1) is 25.9. The molecule has 2 rings (SSSR count). The van der Waals surface area contributed by atoms with Gasteiger partial charge in [-0.2, -0.15) is 0 Å². The van der Waals surface area contributed by atoms with Crippen molar-refractivity contribution in [3.63, 3.8) is 0 Å². The third-order valence-electron chi connectivity index (χ3n) is 4.51. The highest BCUT2D eigenvalue weighted by Crippen LogP contribution is 2.22. The molecule has 1 amide bonds. The Labute approximate surface area is 198 Å². The van der Waals surface area contributed by atoms with Gasteiger partial charge in [-0.05, 0) is 51.5 Å². The van der Waals surface area contributed by atoms with Crippen molar-refractivity contribution < 1.29 is 23.8 Å². The van der Waals surface area contributed by atoms with Gasteiger partial charge in [0.15, 0.2) is 0 Å². The maximum Gasteiger partial charge on any atom is 0.408 e. The lowest BCUT2D eigenvalue weighted by atomic mass is 9.92. The average Bonchev–Trinajstić information content (AvgIpc) is 2.72. The molecule has 0 aliphatic carbocycles. The number of amides is 1. The van der Waals surface area contributed by atoms with Crippen LogP contribution in [-0.2, 0) is 20.6 Å². The standard InChI is InChI=1S/C24H28ClN3O5/c1-23(2,3)33-22(30)28-24(4,14-15-9-7-6-8-10-15)21(27)32-19(26)17-13-16(20(29)31-5)11-12-18(17)25/h6-13,26-27H,14H2,1-5H3,(H,28,30). The fourth-order valence-electron chi connectivity index (χ4n) is 2.93. The number of hydrogen-bond acceptors (Lipinski definition) is 7. The molecule has 1 atom stereocenters. The van der Waals surface area contributed by atoms with E-state index in [2.05, 4.69) is 5.32 Å². The molecule has 2 aromatic carbocycles. The summed E-state index contributed by atoms with van der Waals surface area (Å²) in [4.78, 5) is 24.4. The van der Waals surface area contributed by atoms with Gasteiger partial charge in [-0.25, -0.2) is 9.59 Å². The second-order valence-electron chi connectivity index (χ2n) is 8.57. The Balaban J connectivity index is 2.31. The monoisotopic (exact) mass is 473 g/mol. The van der Waals surface area contributed by atoms with E-state index in [1.165, 1.54) is 25.3 Å². The van der Waals surface area contributed by atoms with Gasteiger partial charge in [0.2, 0.25) is 11.8 Å². The Kier molecular flexibility index (Phi) is 8.22. The number of esters is 1. The number of alkyl carbamates (subject to hydrolysis) is 1. The van der Waals surface area contributed by atoms with Gasteiger partial charge in [0.05, 0.1) is 23.3 Å². The molecule has 176 valence electrons. The van der Waals surface area contributed by atoms with Crippen molar-refractivity contribution in [2.75, 3.05) is 7.11 Å². The topological polar surface area (TPSA) is 122 Å². The summed E-state index contributed by atoms with van der Waals surface area (Å²) < 4.78 is 15.6. The summed E-state index contributed by atoms with van der Waals surface area (Å²) in [5.41, 5.74) is -0.973. The summed E-state index contributed by atoms with van der Waals surface area (Å²) in [6.45, 7) is 6.80. The van der Waals surface area contributed by atoms with Gasteiger partial charge in [-0.15, -0.1) is 0 Å². The molecule has 0 fully saturated rings. The van der Waals surface area contributed by atoms with Crippen molar-refractivity contribution in [2.45, 2.75) is 45.3 Å². The van der Waals surface area contributed by atoms with Gasteiger partial charge in [-0.1, -0.05) is 41.9 Å². The van der Waals surface area contributed by atoms with Crippen LogP contribution in [0.15, 0.2) is 48.5 Å². The van der Waals surface area contributed by atoms with E-state index in [4.69, 9.17) is 36.6 Å². The van der Waals surface area contributed by atoms with E-state index in [1.807, 2.05) is 30.3 Å². The number of benzene rings is 2. The second-order valence-corrected chi connectivity index (χ2v) is 8.98. The van der Waals surface area contributed by atoms with Gasteiger partial charge < -0.3 is 19.5 Å². The van der Waals surface area contributed by atoms with Crippen molar-refractivity contribution in [1.82, 2.24) is 5.32 Å². The number of nitrogens with one attached hydrogen (secondary N) is 3. The zero-order valence-electron chi connectivity index (χ0n) is 19.2. The molecule has 0 radical (unpaired) electrons. The molecule has 33 heavy (non-hydrogen) atoms. The molecule has 0 bridgehead atoms. The van der Waals surface area contributed by atoms with Crippen LogP contribution in [0.2, 0.25) is 5.02 Å². The number of halogens is 1. The molecule has 8 nitrogen and oxygen atoms in total. The lowest BCUT2D eigenvalue weighted by Crippen LogP contribution is -2.55. The molecule has 0 aliphatic rings. The predicted octanol–water partition coefficient (Wildman–Crippen LogP) is 4.97. The van der Waals surface area contributed by atoms with Crippen LogP contribution in [0.4, 0.5) is 4.79 Å². The molecular weight excluding hydrogens is 446 g/mol. The molecule has 0 saturated carbocycles. The van der Waals surface area contributed by atoms with E-state index < -0.39 is 35.0 Å². The average molecular weight is 474 g/mol. The largest absolute Gasteiger partial charge is 0.465 e. The highest BCUT2D eigenvalue weighted by Gasteiger charge is 2.36. The molecule has 1 unspecified atom stereocenters. The first-order valence-corrected chi connectivity index (χ1v) is 10.5. The van der Waals surface area contributed by atoms with Crippen molar-refractivity contribution in [2.24, 2.45) is 0 Å². The highest BCUT2D eigenvalue weighted by atomic mass is 35.5. The van der Waals surface area contributed by atoms with Crippen LogP contribution in [0.1, 0.15) is 49.2 Å². The van der Waals surface area contributed by atoms with Crippen LogP contribution in [0.5, 0.6) is 0 Å². The minimum absolute atomic E-state index is 0.101. The number of carbonyl (C=O) groups excluding carboxylic acids is 2. The van der Waals surface area contributed by atoms with E-state index in [0.29, 0.717) is 0 Å². The molecule has 9 heteroatoms. The Morgan fingerprint density at radius 3 is 2.24 bits per heavy atom. The zero-order chi connectivity index (χ0) is 24.8. The summed E-state index contributed by atoms with van der Waals surface area (Å²) in [6.07, 6.45) is -0.527. The number of hydrogen-bond donors (Lipinski definition) is 3. The van der Waals surface area contributed by atoms with Gasteiger partial charge in [-0.3, -0.25) is 10.8 Å². The van der Waals surface area contributed by atoms with Crippen LogP contribution in [0.3, 0.4) is 0 Å². The van der Waals surface area contributed by atoms with Gasteiger partial charge in [0.25, 0.3) is 0 Å². The van der Waals surface area contributed by atoms with Gasteiger partial charge >= 0.3 is 12.1 Å². The third-order valence-corrected chi connectivity index (χ3v) is 4.84. The van der Waals surface area contributed by atoms with Crippen molar-refractivity contribution in [1.29, 1.82) is 10.8 Å². The fourth-order valence-corrected chi connectivity index (χ4v) is 3.13. The fraction of sp³-hybridized carbons (Fsp3) is 0.333. The van der Waals surface area contributed by atoms with Gasteiger partial charge in [0.1, 0.15) is 11.1 Å². The Bertz CT molecular complexity index is 1050. The molecule has 3 N–H and O–H groups in total. The SMILES string of the molecule is COC(=O)c1ccc(Cl)c(C(=N)OC(=N)C(C)(Cc2ccccc2)NC(=O)OC(C)(C)C)c1. The normalized spacial score (nSPS) is 12.8. The first-order valence-electron chi connectivity index (χ1n) is 10.1. The molecule has 0 aliphatic heterocycles. The first-order chi connectivity index (χ1) is 15.3. The molecule has 0 aromatic heterocycles. The Morgan fingerprint density at radius 2 is 1.67 bits per heavy atom. The molecule has 2 aromatic rings. The van der Waals surface area contributed by atoms with Gasteiger partial charge in [0, 0.05) is 6.42 Å². The van der Waals surface area contributed by atoms with Crippen LogP contribution >= 0.6 is 11.6 Å². The number of rotatable bonds is 6. The number of ether oxygens (including phenoxy) is 3. The number of methoxy groups -OCH3 is 1. The lowest BCUT2D eigenvalue weighted by Gasteiger charge is -2.32. The molecule has 0 saturated heterocycles. The smallest absolute Gasteiger partial charge is 0.408 e. The van der Waals surface area contributed by atoms with Crippen LogP contribution in [0.25, 0.3) is 0 Å². The number of carbonyl (C=O) groups is 2. The summed E-state index contributed by atoms with van der Waals surface area (Å²) in [5.74, 6) is -1.46. The van der Waals surface area contributed by atoms with E-state index >= 15 is 0 Å². The van der Waals surface area contributed by atoms with Crippen LogP contribution in [0, 0.1) is 10.8 Å². The van der Waals surface area contributed by atoms with Crippen molar-refractivity contribution in [3.8, 4) is 0 Å². The quantitative estimate of drug-likeness (QED) is 0.310. The molecular formula is C24H28ClN3O5. The summed E-state index contributed by atoms with van der Waals surface area (Å²) in [5, 5.41) is 19.8. The van der Waals surface area contributed by atoms with Crippen LogP contribution in [-0.4, -0.2) is 42.1 Å². The third kappa shape index (κ3) is 7.32. The molecule has 0 heterocycles. The molecule has 0 spiro atoms. The lowest BCUT2D eigenvalue weighted by molar-refractivity contribution is 0.0483. The zero-order valence-corrected chi connectivity index (χ0v) is 20.0. The van der Waals surface area contributed by atoms with Crippen molar-refractivity contribution >= 4 is 35.5 Å². The van der Waals surface area contributed by atoms with E-state index in [9.17, 15) is 9.59 Å². The minimum Gasteiger partial charge on any atom is -0.465 e. The Morgan fingerprint density at radius 1 is 1.03 bits per heavy atom. The summed E-state index contributed by atoms with van der Waals surface area (Å²) in [6, 6.07) is 13.5. The maximum atomic E-state index is 12.5. The second kappa shape index (κ2) is 10.5. The van der Waals surface area contributed by atoms with E-state index in [0.717, 1.165) is 5.56 Å². The van der Waals surface area contributed by atoms with E-state index in [-0.39, 0.29) is 22.6 Å². The minimum atomic E-state index is -1.34.